The van der Waals surface area contributed by atoms with Gasteiger partial charge in [-0.1, -0.05) is 30.3 Å². The third-order valence-electron chi connectivity index (χ3n) is 1.29. The van der Waals surface area contributed by atoms with Gasteiger partial charge in [0.2, 0.25) is 6.41 Å². The molecule has 1 aromatic carbocycles. The van der Waals surface area contributed by atoms with E-state index in [2.05, 4.69) is 0 Å². The summed E-state index contributed by atoms with van der Waals surface area (Å²) >= 11 is 1.97. The standard InChI is InChI=1S/C8H8INO/c9-10(7-11)6-8-4-2-1-3-5-8/h1-5,7H,6H2. The van der Waals surface area contributed by atoms with Crippen LogP contribution in [0.1, 0.15) is 5.56 Å². The Hall–Kier alpha value is -0.580. The van der Waals surface area contributed by atoms with Crippen LogP contribution in [0.5, 0.6) is 0 Å². The summed E-state index contributed by atoms with van der Waals surface area (Å²) in [6, 6.07) is 9.88. The fourth-order valence-electron chi connectivity index (χ4n) is 0.795. The third-order valence-corrected chi connectivity index (χ3v) is 1.86. The van der Waals surface area contributed by atoms with Crippen molar-refractivity contribution in [2.45, 2.75) is 6.54 Å². The number of amides is 1. The summed E-state index contributed by atoms with van der Waals surface area (Å²) < 4.78 is 1.58. The van der Waals surface area contributed by atoms with Crippen LogP contribution in [0.3, 0.4) is 0 Å². The van der Waals surface area contributed by atoms with Crippen molar-refractivity contribution in [2.75, 3.05) is 0 Å². The van der Waals surface area contributed by atoms with E-state index in [1.807, 2.05) is 53.2 Å². The molecule has 1 aromatic rings. The van der Waals surface area contributed by atoms with Gasteiger partial charge in [-0.2, -0.15) is 0 Å². The van der Waals surface area contributed by atoms with Crippen molar-refractivity contribution in [2.24, 2.45) is 0 Å². The lowest BCUT2D eigenvalue weighted by Crippen LogP contribution is -2.06. The Bertz CT molecular complexity index is 225. The Morgan fingerprint density at radius 1 is 1.36 bits per heavy atom. The summed E-state index contributed by atoms with van der Waals surface area (Å²) in [7, 11) is 0. The van der Waals surface area contributed by atoms with Crippen LogP contribution >= 0.6 is 22.9 Å². The molecule has 0 heterocycles. The van der Waals surface area contributed by atoms with Gasteiger partial charge in [-0.25, -0.2) is 0 Å². The minimum atomic E-state index is 0.672. The summed E-state index contributed by atoms with van der Waals surface area (Å²) in [4.78, 5) is 10.2. The minimum absolute atomic E-state index is 0.672. The Balaban J connectivity index is 2.57. The molecule has 0 N–H and O–H groups in total. The predicted molar refractivity (Wildman–Crippen MR) is 52.1 cm³/mol. The molecule has 3 heteroatoms. The molecule has 1 amide bonds. The summed E-state index contributed by atoms with van der Waals surface area (Å²) in [6.45, 7) is 0.672. The van der Waals surface area contributed by atoms with Gasteiger partial charge in [0, 0.05) is 0 Å². The van der Waals surface area contributed by atoms with Crippen molar-refractivity contribution in [1.82, 2.24) is 3.11 Å². The quantitative estimate of drug-likeness (QED) is 0.463. The molecule has 0 bridgehead atoms. The number of benzene rings is 1. The number of rotatable bonds is 3. The van der Waals surface area contributed by atoms with Crippen LogP contribution in [0.25, 0.3) is 0 Å². The molecule has 0 atom stereocenters. The summed E-state index contributed by atoms with van der Waals surface area (Å²) in [5.74, 6) is 0. The van der Waals surface area contributed by atoms with Crippen molar-refractivity contribution in [3.05, 3.63) is 35.9 Å². The van der Waals surface area contributed by atoms with Gasteiger partial charge in [0.25, 0.3) is 0 Å². The lowest BCUT2D eigenvalue weighted by atomic mass is 10.2. The van der Waals surface area contributed by atoms with E-state index in [1.165, 1.54) is 0 Å². The maximum absolute atomic E-state index is 10.2. The first-order valence-electron chi connectivity index (χ1n) is 3.24. The van der Waals surface area contributed by atoms with Crippen LogP contribution in [0.15, 0.2) is 30.3 Å². The fraction of sp³-hybridized carbons (Fsp3) is 0.125. The SMILES string of the molecule is O=CN(I)Cc1ccccc1. The molecule has 0 aliphatic rings. The summed E-state index contributed by atoms with van der Waals surface area (Å²) in [5.41, 5.74) is 1.15. The maximum atomic E-state index is 10.2. The van der Waals surface area contributed by atoms with E-state index in [-0.39, 0.29) is 0 Å². The van der Waals surface area contributed by atoms with Gasteiger partial charge in [0.15, 0.2) is 0 Å². The van der Waals surface area contributed by atoms with Crippen LogP contribution < -0.4 is 0 Å². The lowest BCUT2D eigenvalue weighted by Gasteiger charge is -2.06. The monoisotopic (exact) mass is 261 g/mol. The van der Waals surface area contributed by atoms with Gasteiger partial charge in [-0.05, 0) is 5.56 Å². The molecular weight excluding hydrogens is 253 g/mol. The number of carbonyl (C=O) groups excluding carboxylic acids is 1. The summed E-state index contributed by atoms with van der Waals surface area (Å²) in [6.07, 6.45) is 0.813. The van der Waals surface area contributed by atoms with Crippen molar-refractivity contribution in [3.8, 4) is 0 Å². The number of carbonyl (C=O) groups is 1. The Morgan fingerprint density at radius 3 is 2.55 bits per heavy atom. The largest absolute Gasteiger partial charge is 0.283 e. The first-order chi connectivity index (χ1) is 5.33. The molecule has 1 rings (SSSR count). The number of halogens is 1. The van der Waals surface area contributed by atoms with Crippen molar-refractivity contribution in [3.63, 3.8) is 0 Å². The van der Waals surface area contributed by atoms with E-state index in [0.717, 1.165) is 12.0 Å². The topological polar surface area (TPSA) is 20.3 Å². The molecule has 58 valence electrons. The smallest absolute Gasteiger partial charge is 0.218 e. The minimum Gasteiger partial charge on any atom is -0.283 e. The van der Waals surface area contributed by atoms with E-state index < -0.39 is 0 Å². The number of hydrogen-bond donors (Lipinski definition) is 0. The zero-order chi connectivity index (χ0) is 8.10. The van der Waals surface area contributed by atoms with Crippen molar-refractivity contribution in [1.29, 1.82) is 0 Å². The molecule has 0 saturated carbocycles. The second kappa shape index (κ2) is 4.33. The van der Waals surface area contributed by atoms with Gasteiger partial charge in [0.05, 0.1) is 29.4 Å². The zero-order valence-electron chi connectivity index (χ0n) is 5.90. The van der Waals surface area contributed by atoms with Gasteiger partial charge < -0.3 is 0 Å². The molecule has 0 spiro atoms. The van der Waals surface area contributed by atoms with Crippen molar-refractivity contribution < 1.29 is 4.79 Å². The highest BCUT2D eigenvalue weighted by Gasteiger charge is 1.95. The van der Waals surface area contributed by atoms with Gasteiger partial charge >= 0.3 is 0 Å². The van der Waals surface area contributed by atoms with E-state index in [4.69, 9.17) is 0 Å². The van der Waals surface area contributed by atoms with Crippen LogP contribution in [0, 0.1) is 0 Å². The number of hydrogen-bond acceptors (Lipinski definition) is 1. The molecule has 0 unspecified atom stereocenters. The second-order valence-corrected chi connectivity index (χ2v) is 3.39. The Kier molecular flexibility index (Phi) is 3.35. The predicted octanol–water partition coefficient (Wildman–Crippen LogP) is 1.99. The van der Waals surface area contributed by atoms with E-state index in [1.54, 1.807) is 3.11 Å². The Labute approximate surface area is 79.7 Å². The second-order valence-electron chi connectivity index (χ2n) is 2.15. The highest BCUT2D eigenvalue weighted by atomic mass is 127. The van der Waals surface area contributed by atoms with E-state index >= 15 is 0 Å². The molecular formula is C8H8INO. The molecule has 11 heavy (non-hydrogen) atoms. The summed E-state index contributed by atoms with van der Waals surface area (Å²) in [5, 5.41) is 0. The molecule has 0 aliphatic heterocycles. The normalized spacial score (nSPS) is 9.18. The molecule has 0 aromatic heterocycles. The first-order valence-corrected chi connectivity index (χ1v) is 4.21. The van der Waals surface area contributed by atoms with E-state index in [0.29, 0.717) is 6.54 Å². The van der Waals surface area contributed by atoms with Crippen LogP contribution in [0.2, 0.25) is 0 Å². The lowest BCUT2D eigenvalue weighted by molar-refractivity contribution is -0.113. The fourth-order valence-corrected chi connectivity index (χ4v) is 1.19. The van der Waals surface area contributed by atoms with Crippen LogP contribution in [-0.4, -0.2) is 9.52 Å². The molecule has 0 saturated heterocycles. The van der Waals surface area contributed by atoms with Gasteiger partial charge in [-0.3, -0.25) is 7.91 Å². The third kappa shape index (κ3) is 2.88. The highest BCUT2D eigenvalue weighted by molar-refractivity contribution is 14.1. The molecule has 2 nitrogen and oxygen atoms in total. The van der Waals surface area contributed by atoms with Crippen LogP contribution in [-0.2, 0) is 11.3 Å². The first kappa shape index (κ1) is 8.52. The average Bonchev–Trinajstić information content (AvgIpc) is 2.06. The Morgan fingerprint density at radius 2 is 2.00 bits per heavy atom. The highest BCUT2D eigenvalue weighted by Crippen LogP contribution is 2.05. The molecule has 0 fully saturated rings. The number of nitrogens with zero attached hydrogens (tertiary/aromatic N) is 1. The maximum Gasteiger partial charge on any atom is 0.218 e. The zero-order valence-corrected chi connectivity index (χ0v) is 8.06. The van der Waals surface area contributed by atoms with Crippen molar-refractivity contribution >= 4 is 29.3 Å². The molecule has 0 aliphatic carbocycles. The van der Waals surface area contributed by atoms with Gasteiger partial charge in [-0.15, -0.1) is 0 Å². The van der Waals surface area contributed by atoms with Crippen LogP contribution in [0.4, 0.5) is 0 Å². The van der Waals surface area contributed by atoms with E-state index in [9.17, 15) is 4.79 Å². The molecule has 0 radical (unpaired) electrons. The average molecular weight is 261 g/mol. The van der Waals surface area contributed by atoms with Gasteiger partial charge in [0.1, 0.15) is 0 Å².